The van der Waals surface area contributed by atoms with Crippen molar-refractivity contribution in [3.8, 4) is 0 Å². The van der Waals surface area contributed by atoms with Crippen LogP contribution < -0.4 is 5.32 Å². The van der Waals surface area contributed by atoms with Crippen LogP contribution in [0.25, 0.3) is 5.78 Å². The third kappa shape index (κ3) is 2.59. The Balaban J connectivity index is 1.90. The average Bonchev–Trinajstić information content (AvgIpc) is 2.87. The molecule has 3 rings (SSSR count). The molecule has 8 heteroatoms. The lowest BCUT2D eigenvalue weighted by molar-refractivity contribution is 0.625. The molecule has 0 atom stereocenters. The summed E-state index contributed by atoms with van der Waals surface area (Å²) >= 11 is 9.30. The molecule has 1 N–H and O–H groups in total. The second kappa shape index (κ2) is 5.34. The molecule has 0 saturated carbocycles. The highest BCUT2D eigenvalue weighted by molar-refractivity contribution is 9.10. The molecule has 0 amide bonds. The topological polar surface area (TPSA) is 55.1 Å². The molecular formula is C12H8BrClFN5. The molecule has 2 heterocycles. The molecule has 1 aromatic carbocycles. The molecule has 2 aromatic heterocycles. The molecule has 3 aromatic rings. The van der Waals surface area contributed by atoms with Gasteiger partial charge in [-0.05, 0) is 23.8 Å². The first-order valence-corrected chi connectivity index (χ1v) is 6.84. The Morgan fingerprint density at radius 3 is 3.05 bits per heavy atom. The third-order valence-electron chi connectivity index (χ3n) is 2.69. The number of rotatable bonds is 3. The van der Waals surface area contributed by atoms with Crippen molar-refractivity contribution in [3.63, 3.8) is 0 Å². The number of benzene rings is 1. The first-order valence-electron chi connectivity index (χ1n) is 5.67. The molecule has 0 bridgehead atoms. The van der Waals surface area contributed by atoms with Gasteiger partial charge in [0.15, 0.2) is 0 Å². The van der Waals surface area contributed by atoms with Gasteiger partial charge in [0.05, 0.1) is 0 Å². The van der Waals surface area contributed by atoms with Crippen molar-refractivity contribution < 1.29 is 4.39 Å². The van der Waals surface area contributed by atoms with E-state index >= 15 is 0 Å². The van der Waals surface area contributed by atoms with Crippen LogP contribution in [0, 0.1) is 5.82 Å². The van der Waals surface area contributed by atoms with Gasteiger partial charge in [0, 0.05) is 17.1 Å². The summed E-state index contributed by atoms with van der Waals surface area (Å²) in [6.45, 7) is 0.410. The van der Waals surface area contributed by atoms with E-state index in [-0.39, 0.29) is 5.82 Å². The Morgan fingerprint density at radius 1 is 1.35 bits per heavy atom. The van der Waals surface area contributed by atoms with Crippen LogP contribution in [0.1, 0.15) is 5.56 Å². The molecule has 0 fully saturated rings. The number of aromatic nitrogens is 4. The summed E-state index contributed by atoms with van der Waals surface area (Å²) in [5.74, 6) is 0.746. The number of hydrogen-bond acceptors (Lipinski definition) is 4. The van der Waals surface area contributed by atoms with Crippen molar-refractivity contribution >= 4 is 39.1 Å². The Morgan fingerprint density at radius 2 is 2.20 bits per heavy atom. The molecule has 5 nitrogen and oxygen atoms in total. The van der Waals surface area contributed by atoms with Crippen LogP contribution in [-0.2, 0) is 6.54 Å². The van der Waals surface area contributed by atoms with Gasteiger partial charge in [-0.15, -0.1) is 0 Å². The first-order chi connectivity index (χ1) is 9.63. The number of hydrogen-bond donors (Lipinski definition) is 1. The minimum absolute atomic E-state index is 0.288. The number of nitrogens with one attached hydrogen (secondary N) is 1. The van der Waals surface area contributed by atoms with Crippen molar-refractivity contribution in [1.82, 2.24) is 19.6 Å². The Kier molecular flexibility index (Phi) is 3.54. The SMILES string of the molecule is Fc1ccc(Br)c(CNc2cc(Cl)nc3ncnn23)c1. The maximum atomic E-state index is 13.2. The van der Waals surface area contributed by atoms with Gasteiger partial charge >= 0.3 is 0 Å². The zero-order chi connectivity index (χ0) is 14.1. The molecular weight excluding hydrogens is 349 g/mol. The molecule has 20 heavy (non-hydrogen) atoms. The Bertz CT molecular complexity index is 776. The number of halogens is 3. The van der Waals surface area contributed by atoms with Gasteiger partial charge in [-0.1, -0.05) is 27.5 Å². The summed E-state index contributed by atoms with van der Waals surface area (Å²) in [6, 6.07) is 6.15. The van der Waals surface area contributed by atoms with Crippen LogP contribution in [0.2, 0.25) is 5.15 Å². The lowest BCUT2D eigenvalue weighted by atomic mass is 10.2. The van der Waals surface area contributed by atoms with Crippen LogP contribution in [0.15, 0.2) is 35.1 Å². The van der Waals surface area contributed by atoms with Crippen LogP contribution in [-0.4, -0.2) is 19.6 Å². The number of fused-ring (bicyclic) bond motifs is 1. The molecule has 102 valence electrons. The highest BCUT2D eigenvalue weighted by Gasteiger charge is 2.07. The highest BCUT2D eigenvalue weighted by atomic mass is 79.9. The second-order valence-electron chi connectivity index (χ2n) is 4.03. The van der Waals surface area contributed by atoms with Crippen molar-refractivity contribution in [2.24, 2.45) is 0 Å². The largest absolute Gasteiger partial charge is 0.366 e. The zero-order valence-electron chi connectivity index (χ0n) is 10.0. The van der Waals surface area contributed by atoms with E-state index < -0.39 is 0 Å². The predicted octanol–water partition coefficient (Wildman–Crippen LogP) is 3.29. The number of anilines is 1. The first kappa shape index (κ1) is 13.3. The van der Waals surface area contributed by atoms with Crippen molar-refractivity contribution in [2.75, 3.05) is 5.32 Å². The van der Waals surface area contributed by atoms with Gasteiger partial charge in [-0.3, -0.25) is 0 Å². The summed E-state index contributed by atoms with van der Waals surface area (Å²) in [7, 11) is 0. The molecule has 0 aliphatic rings. The molecule has 0 spiro atoms. The van der Waals surface area contributed by atoms with Gasteiger partial charge in [0.2, 0.25) is 0 Å². The Hall–Kier alpha value is -1.73. The van der Waals surface area contributed by atoms with Crippen LogP contribution in [0.4, 0.5) is 10.2 Å². The predicted molar refractivity (Wildman–Crippen MR) is 77.2 cm³/mol. The average molecular weight is 357 g/mol. The van der Waals surface area contributed by atoms with Gasteiger partial charge in [0.1, 0.15) is 23.1 Å². The van der Waals surface area contributed by atoms with E-state index in [4.69, 9.17) is 11.6 Å². The highest BCUT2D eigenvalue weighted by Crippen LogP contribution is 2.20. The van der Waals surface area contributed by atoms with Gasteiger partial charge in [-0.25, -0.2) is 4.39 Å². The Labute approximate surface area is 126 Å². The van der Waals surface area contributed by atoms with Gasteiger partial charge < -0.3 is 5.32 Å². The lowest BCUT2D eigenvalue weighted by Gasteiger charge is -2.09. The fourth-order valence-corrected chi connectivity index (χ4v) is 2.34. The summed E-state index contributed by atoms with van der Waals surface area (Å²) in [6.07, 6.45) is 1.39. The maximum absolute atomic E-state index is 13.2. The van der Waals surface area contributed by atoms with Gasteiger partial charge in [0.25, 0.3) is 5.78 Å². The molecule has 0 unspecified atom stereocenters. The summed E-state index contributed by atoms with van der Waals surface area (Å²) in [5.41, 5.74) is 0.784. The summed E-state index contributed by atoms with van der Waals surface area (Å²) < 4.78 is 15.6. The maximum Gasteiger partial charge on any atom is 0.255 e. The minimum Gasteiger partial charge on any atom is -0.366 e. The fourth-order valence-electron chi connectivity index (χ4n) is 1.77. The van der Waals surface area contributed by atoms with E-state index in [1.165, 1.54) is 23.0 Å². The standard InChI is InChI=1S/C12H8BrClFN5/c13-9-2-1-8(15)3-7(9)5-16-11-4-10(14)19-12-17-6-18-20(11)12/h1-4,6,16H,5H2. The van der Waals surface area contributed by atoms with E-state index in [9.17, 15) is 4.39 Å². The molecule has 0 aliphatic heterocycles. The van der Waals surface area contributed by atoms with Crippen LogP contribution in [0.5, 0.6) is 0 Å². The molecule has 0 saturated heterocycles. The second-order valence-corrected chi connectivity index (χ2v) is 5.27. The lowest BCUT2D eigenvalue weighted by Crippen LogP contribution is -2.07. The monoisotopic (exact) mass is 355 g/mol. The van der Waals surface area contributed by atoms with E-state index in [1.807, 2.05) is 0 Å². The summed E-state index contributed by atoms with van der Waals surface area (Å²) in [5, 5.41) is 7.50. The zero-order valence-corrected chi connectivity index (χ0v) is 12.4. The van der Waals surface area contributed by atoms with E-state index in [2.05, 4.69) is 36.3 Å². The quantitative estimate of drug-likeness (QED) is 0.732. The van der Waals surface area contributed by atoms with E-state index in [1.54, 1.807) is 12.1 Å². The van der Waals surface area contributed by atoms with Crippen molar-refractivity contribution in [1.29, 1.82) is 0 Å². The normalized spacial score (nSPS) is 10.9. The molecule has 0 aliphatic carbocycles. The van der Waals surface area contributed by atoms with E-state index in [0.29, 0.717) is 23.3 Å². The smallest absolute Gasteiger partial charge is 0.255 e. The number of nitrogens with zero attached hydrogens (tertiary/aromatic N) is 4. The minimum atomic E-state index is -0.288. The molecule has 0 radical (unpaired) electrons. The van der Waals surface area contributed by atoms with Crippen LogP contribution in [0.3, 0.4) is 0 Å². The van der Waals surface area contributed by atoms with Crippen molar-refractivity contribution in [2.45, 2.75) is 6.54 Å². The third-order valence-corrected chi connectivity index (χ3v) is 3.66. The van der Waals surface area contributed by atoms with Gasteiger partial charge in [-0.2, -0.15) is 19.6 Å². The van der Waals surface area contributed by atoms with E-state index in [0.717, 1.165) is 10.0 Å². The summed E-state index contributed by atoms with van der Waals surface area (Å²) in [4.78, 5) is 8.00. The van der Waals surface area contributed by atoms with Crippen molar-refractivity contribution in [3.05, 3.63) is 51.6 Å². The fraction of sp³-hybridized carbons (Fsp3) is 0.0833. The van der Waals surface area contributed by atoms with Crippen LogP contribution >= 0.6 is 27.5 Å².